The van der Waals surface area contributed by atoms with E-state index in [-0.39, 0.29) is 12.1 Å². The van der Waals surface area contributed by atoms with Crippen LogP contribution in [-0.4, -0.2) is 25.3 Å². The summed E-state index contributed by atoms with van der Waals surface area (Å²) in [7, 11) is 0. The monoisotopic (exact) mass is 501 g/mol. The van der Waals surface area contributed by atoms with Gasteiger partial charge in [0.25, 0.3) is 0 Å². The van der Waals surface area contributed by atoms with Crippen LogP contribution in [0.25, 0.3) is 11.5 Å². The third kappa shape index (κ3) is 4.18. The van der Waals surface area contributed by atoms with Gasteiger partial charge in [0.1, 0.15) is 5.82 Å². The smallest absolute Gasteiger partial charge is 0.308 e. The van der Waals surface area contributed by atoms with Gasteiger partial charge in [-0.3, -0.25) is 0 Å². The summed E-state index contributed by atoms with van der Waals surface area (Å²) in [5.41, 5.74) is 8.18. The van der Waals surface area contributed by atoms with Crippen molar-refractivity contribution in [1.82, 2.24) is 19.2 Å². The predicted octanol–water partition coefficient (Wildman–Crippen LogP) is 6.98. The van der Waals surface area contributed by atoms with E-state index in [4.69, 9.17) is 5.10 Å². The molecule has 6 heteroatoms. The first-order chi connectivity index (χ1) is 18.5. The second-order valence-corrected chi connectivity index (χ2v) is 9.86. The Hall–Kier alpha value is -4.58. The Morgan fingerprint density at radius 1 is 0.947 bits per heavy atom. The van der Waals surface area contributed by atoms with Crippen molar-refractivity contribution in [3.8, 4) is 11.5 Å². The Bertz CT molecular complexity index is 1600. The van der Waals surface area contributed by atoms with Gasteiger partial charge in [0.05, 0.1) is 29.7 Å². The number of rotatable bonds is 4. The van der Waals surface area contributed by atoms with Gasteiger partial charge in [-0.25, -0.2) is 9.48 Å². The van der Waals surface area contributed by atoms with Gasteiger partial charge in [-0.05, 0) is 67.8 Å². The summed E-state index contributed by atoms with van der Waals surface area (Å²) in [5, 5.41) is 8.10. The highest BCUT2D eigenvalue weighted by molar-refractivity contribution is 5.90. The lowest BCUT2D eigenvalue weighted by Gasteiger charge is -2.31. The highest BCUT2D eigenvalue weighted by atomic mass is 16.2. The van der Waals surface area contributed by atoms with Gasteiger partial charge >= 0.3 is 6.03 Å². The van der Waals surface area contributed by atoms with Crippen molar-refractivity contribution in [2.75, 3.05) is 5.32 Å². The zero-order chi connectivity index (χ0) is 26.2. The van der Waals surface area contributed by atoms with Crippen molar-refractivity contribution in [2.24, 2.45) is 0 Å². The topological polar surface area (TPSA) is 55.1 Å². The molecule has 1 aliphatic heterocycles. The third-order valence-electron chi connectivity index (χ3n) is 7.32. The number of nitrogens with zero attached hydrogens (tertiary/aromatic N) is 4. The fraction of sp³-hybridized carbons (Fsp3) is 0.188. The number of benzene rings is 3. The number of para-hydroxylation sites is 1. The fourth-order valence-corrected chi connectivity index (χ4v) is 5.36. The minimum absolute atomic E-state index is 0.145. The molecule has 1 aliphatic rings. The van der Waals surface area contributed by atoms with Crippen LogP contribution in [-0.2, 0) is 13.0 Å². The van der Waals surface area contributed by atoms with Crippen LogP contribution in [0.2, 0.25) is 0 Å². The molecule has 2 amide bonds. The van der Waals surface area contributed by atoms with Crippen molar-refractivity contribution >= 4 is 11.7 Å². The zero-order valence-corrected chi connectivity index (χ0v) is 21.9. The van der Waals surface area contributed by atoms with Crippen LogP contribution in [0.4, 0.5) is 10.5 Å². The van der Waals surface area contributed by atoms with Gasteiger partial charge in [0.15, 0.2) is 0 Å². The minimum Gasteiger partial charge on any atom is -0.308 e. The number of urea groups is 1. The number of fused-ring (bicyclic) bond motifs is 3. The van der Waals surface area contributed by atoms with Crippen molar-refractivity contribution < 1.29 is 4.79 Å². The molecule has 0 radical (unpaired) electrons. The summed E-state index contributed by atoms with van der Waals surface area (Å²) < 4.78 is 4.19. The van der Waals surface area contributed by atoms with Crippen LogP contribution in [0.3, 0.4) is 0 Å². The van der Waals surface area contributed by atoms with Crippen LogP contribution >= 0.6 is 0 Å². The normalized spacial score (nSPS) is 14.5. The predicted molar refractivity (Wildman–Crippen MR) is 151 cm³/mol. The number of nitrogens with one attached hydrogen (secondary N) is 1. The Morgan fingerprint density at radius 2 is 1.74 bits per heavy atom. The molecule has 6 rings (SSSR count). The number of carbonyl (C=O) groups excluding carboxylic acids is 1. The fourth-order valence-electron chi connectivity index (χ4n) is 5.36. The van der Waals surface area contributed by atoms with Crippen molar-refractivity contribution in [3.05, 3.63) is 131 Å². The molecular weight excluding hydrogens is 470 g/mol. The summed E-state index contributed by atoms with van der Waals surface area (Å²) >= 11 is 0. The van der Waals surface area contributed by atoms with E-state index in [0.29, 0.717) is 6.54 Å². The number of aryl methyl sites for hydroxylation is 3. The number of hydrogen-bond donors (Lipinski definition) is 1. The van der Waals surface area contributed by atoms with Gasteiger partial charge in [-0.15, -0.1) is 0 Å². The average molecular weight is 502 g/mol. The molecule has 5 aromatic rings. The maximum Gasteiger partial charge on any atom is 0.322 e. The Morgan fingerprint density at radius 3 is 2.47 bits per heavy atom. The first-order valence-electron chi connectivity index (χ1n) is 13.1. The molecule has 0 fully saturated rings. The van der Waals surface area contributed by atoms with E-state index in [1.165, 1.54) is 5.56 Å². The van der Waals surface area contributed by atoms with Gasteiger partial charge in [-0.1, -0.05) is 67.1 Å². The van der Waals surface area contributed by atoms with Crippen molar-refractivity contribution in [3.63, 3.8) is 0 Å². The minimum atomic E-state index is -0.282. The summed E-state index contributed by atoms with van der Waals surface area (Å²) in [6, 6.07) is 30.4. The first kappa shape index (κ1) is 23.8. The van der Waals surface area contributed by atoms with E-state index in [9.17, 15) is 4.79 Å². The molecule has 2 aromatic heterocycles. The Balaban J connectivity index is 1.51. The van der Waals surface area contributed by atoms with Gasteiger partial charge in [0.2, 0.25) is 0 Å². The number of amides is 2. The van der Waals surface area contributed by atoms with E-state index in [0.717, 1.165) is 51.7 Å². The van der Waals surface area contributed by atoms with Gasteiger partial charge in [-0.2, -0.15) is 5.10 Å². The molecule has 0 unspecified atom stereocenters. The molecular formula is C32H31N5O. The molecule has 3 aromatic carbocycles. The lowest BCUT2D eigenvalue weighted by molar-refractivity contribution is 0.194. The molecule has 3 heterocycles. The second kappa shape index (κ2) is 9.71. The summed E-state index contributed by atoms with van der Waals surface area (Å²) in [4.78, 5) is 16.0. The quantitative estimate of drug-likeness (QED) is 0.289. The standard InChI is InChI=1S/C32H31N5O/c1-4-24-15-17-26(18-16-24)33-32(38)36-21-28-23(3)34-37(27-12-6-5-7-13-27)31(28)35-19-9-14-29(35)30(36)25-11-8-10-22(2)20-25/h5-20,30H,4,21H2,1-3H3,(H,33,38)/t30-/m1/s1. The third-order valence-corrected chi connectivity index (χ3v) is 7.32. The molecule has 0 saturated carbocycles. The molecule has 1 N–H and O–H groups in total. The maximum absolute atomic E-state index is 14.1. The van der Waals surface area contributed by atoms with Gasteiger partial charge in [0, 0.05) is 17.4 Å². The summed E-state index contributed by atoms with van der Waals surface area (Å²) in [6.07, 6.45) is 3.03. The lowest BCUT2D eigenvalue weighted by Crippen LogP contribution is -2.38. The molecule has 6 nitrogen and oxygen atoms in total. The molecule has 0 saturated heterocycles. The zero-order valence-electron chi connectivity index (χ0n) is 21.9. The van der Waals surface area contributed by atoms with Crippen LogP contribution in [0.15, 0.2) is 97.2 Å². The lowest BCUT2D eigenvalue weighted by atomic mass is 10.00. The van der Waals surface area contributed by atoms with Crippen LogP contribution in [0.5, 0.6) is 0 Å². The first-order valence-corrected chi connectivity index (χ1v) is 13.1. The number of anilines is 1. The van der Waals surface area contributed by atoms with E-state index in [1.54, 1.807) is 0 Å². The second-order valence-electron chi connectivity index (χ2n) is 9.86. The van der Waals surface area contributed by atoms with E-state index in [1.807, 2.05) is 52.9 Å². The van der Waals surface area contributed by atoms with Gasteiger partial charge < -0.3 is 14.8 Å². The van der Waals surface area contributed by atoms with Crippen LogP contribution in [0.1, 0.15) is 46.6 Å². The molecule has 0 aliphatic carbocycles. The number of aromatic nitrogens is 3. The van der Waals surface area contributed by atoms with E-state index >= 15 is 0 Å². The SMILES string of the molecule is CCc1ccc(NC(=O)N2Cc3c(C)nn(-c4ccccc4)c3-n3cccc3[C@H]2c2cccc(C)c2)cc1. The number of carbonyl (C=O) groups is 1. The average Bonchev–Trinajstić information content (AvgIpc) is 3.50. The molecule has 0 spiro atoms. The molecule has 190 valence electrons. The maximum atomic E-state index is 14.1. The molecule has 0 bridgehead atoms. The summed E-state index contributed by atoms with van der Waals surface area (Å²) in [6.45, 7) is 6.66. The van der Waals surface area contributed by atoms with E-state index < -0.39 is 0 Å². The highest BCUT2D eigenvalue weighted by Crippen LogP contribution is 2.39. The van der Waals surface area contributed by atoms with Crippen molar-refractivity contribution in [1.29, 1.82) is 0 Å². The van der Waals surface area contributed by atoms with E-state index in [2.05, 4.69) is 84.5 Å². The Labute approximate surface area is 223 Å². The Kier molecular flexibility index (Phi) is 6.08. The highest BCUT2D eigenvalue weighted by Gasteiger charge is 2.36. The number of hydrogen-bond acceptors (Lipinski definition) is 2. The largest absolute Gasteiger partial charge is 0.322 e. The van der Waals surface area contributed by atoms with Crippen LogP contribution < -0.4 is 5.32 Å². The molecule has 38 heavy (non-hydrogen) atoms. The van der Waals surface area contributed by atoms with Crippen LogP contribution in [0, 0.1) is 13.8 Å². The summed E-state index contributed by atoms with van der Waals surface area (Å²) in [5.74, 6) is 0.967. The molecule has 1 atom stereocenters. The van der Waals surface area contributed by atoms with Crippen molar-refractivity contribution in [2.45, 2.75) is 39.8 Å².